The van der Waals surface area contributed by atoms with Crippen LogP contribution in [0.2, 0.25) is 5.02 Å². The Morgan fingerprint density at radius 2 is 1.77 bits per heavy atom. The smallest absolute Gasteiger partial charge is 0.416 e. The quantitative estimate of drug-likeness (QED) is 0.228. The minimum Gasteiger partial charge on any atom is -0.464 e. The number of hydrogen-bond acceptors (Lipinski definition) is 5. The summed E-state index contributed by atoms with van der Waals surface area (Å²) in [6.45, 7) is 0. The van der Waals surface area contributed by atoms with Crippen LogP contribution in [0, 0.1) is 11.6 Å². The molecule has 5 rings (SSSR count). The van der Waals surface area contributed by atoms with Gasteiger partial charge >= 0.3 is 12.1 Å². The summed E-state index contributed by atoms with van der Waals surface area (Å²) in [4.78, 5) is 42.5. The van der Waals surface area contributed by atoms with Gasteiger partial charge in [0, 0.05) is 32.8 Å². The lowest BCUT2D eigenvalue weighted by Gasteiger charge is -2.19. The van der Waals surface area contributed by atoms with Crippen LogP contribution >= 0.6 is 11.6 Å². The van der Waals surface area contributed by atoms with Crippen molar-refractivity contribution in [2.75, 3.05) is 12.4 Å². The number of nitrogens with zero attached hydrogens (tertiary/aromatic N) is 1. The molecule has 2 N–H and O–H groups in total. The Balaban J connectivity index is 1.71. The number of aromatic nitrogens is 1. The van der Waals surface area contributed by atoms with E-state index in [9.17, 15) is 36.3 Å². The predicted molar refractivity (Wildman–Crippen MR) is 133 cm³/mol. The first-order valence-electron chi connectivity index (χ1n) is 11.4. The van der Waals surface area contributed by atoms with Crippen molar-refractivity contribution in [3.63, 3.8) is 0 Å². The van der Waals surface area contributed by atoms with Crippen molar-refractivity contribution >= 4 is 46.0 Å². The van der Waals surface area contributed by atoms with Crippen LogP contribution in [-0.4, -0.2) is 29.9 Å². The van der Waals surface area contributed by atoms with Crippen molar-refractivity contribution < 1.29 is 41.1 Å². The Labute approximate surface area is 226 Å². The Hall–Kier alpha value is -4.58. The van der Waals surface area contributed by atoms with Gasteiger partial charge in [0.15, 0.2) is 0 Å². The van der Waals surface area contributed by atoms with E-state index in [0.29, 0.717) is 12.1 Å². The summed E-state index contributed by atoms with van der Waals surface area (Å²) in [6.07, 6.45) is -4.93. The van der Waals surface area contributed by atoms with Crippen molar-refractivity contribution in [2.45, 2.75) is 12.2 Å². The molecule has 0 saturated heterocycles. The van der Waals surface area contributed by atoms with Crippen molar-refractivity contribution in [2.24, 2.45) is 0 Å². The first-order chi connectivity index (χ1) is 18.9. The van der Waals surface area contributed by atoms with Crippen LogP contribution in [0.25, 0.3) is 10.9 Å². The molecule has 204 valence electrons. The number of carbonyl (C=O) groups is 3. The average molecular weight is 576 g/mol. The van der Waals surface area contributed by atoms with Gasteiger partial charge in [-0.15, -0.1) is 0 Å². The number of amides is 2. The van der Waals surface area contributed by atoms with E-state index in [0.717, 1.165) is 19.2 Å². The van der Waals surface area contributed by atoms with E-state index in [1.165, 1.54) is 24.3 Å². The van der Waals surface area contributed by atoms with Crippen LogP contribution in [0.3, 0.4) is 0 Å². The maximum absolute atomic E-state index is 14.2. The van der Waals surface area contributed by atoms with Crippen LogP contribution in [0.4, 0.5) is 27.6 Å². The number of rotatable bonds is 4. The fourth-order valence-electron chi connectivity index (χ4n) is 4.48. The molecule has 1 aromatic heterocycles. The standard InChI is InChI=1S/C27H15ClF5N3O4/c1-40-26(39)18-5-3-15-19(34-18)10-20(35-24(37)11-6-12(27(31,32)33)8-14(30)7-11)22-21(15)25(38)36-23(22)16-9-13(29)2-4-17(16)28/h2-10,23H,1H3,(H,35,37)(H,36,38). The minimum absolute atomic E-state index is 0.00253. The molecule has 1 unspecified atom stereocenters. The number of alkyl halides is 3. The highest BCUT2D eigenvalue weighted by molar-refractivity contribution is 6.31. The summed E-state index contributed by atoms with van der Waals surface area (Å²) < 4.78 is 72.6. The fourth-order valence-corrected chi connectivity index (χ4v) is 4.71. The summed E-state index contributed by atoms with van der Waals surface area (Å²) in [7, 11) is 1.14. The van der Waals surface area contributed by atoms with Crippen LogP contribution in [0.5, 0.6) is 0 Å². The number of benzene rings is 3. The molecule has 2 amide bonds. The SMILES string of the molecule is COC(=O)c1ccc2c3c(c(NC(=O)c4cc(F)cc(C(F)(F)F)c4)cc2n1)C(c1cc(F)ccc1Cl)NC3=O. The third-order valence-corrected chi connectivity index (χ3v) is 6.57. The normalized spacial score (nSPS) is 14.6. The number of nitrogens with one attached hydrogen (secondary N) is 2. The van der Waals surface area contributed by atoms with E-state index in [4.69, 9.17) is 11.6 Å². The zero-order valence-electron chi connectivity index (χ0n) is 20.1. The van der Waals surface area contributed by atoms with Crippen molar-refractivity contribution in [1.29, 1.82) is 0 Å². The minimum atomic E-state index is -4.93. The molecule has 1 atom stereocenters. The molecule has 1 aliphatic heterocycles. The molecule has 0 saturated carbocycles. The molecular formula is C27H15ClF5N3O4. The van der Waals surface area contributed by atoms with Crippen molar-refractivity contribution in [1.82, 2.24) is 10.3 Å². The highest BCUT2D eigenvalue weighted by Gasteiger charge is 2.37. The van der Waals surface area contributed by atoms with Gasteiger partial charge in [-0.25, -0.2) is 18.6 Å². The van der Waals surface area contributed by atoms with Gasteiger partial charge in [0.05, 0.1) is 29.8 Å². The number of methoxy groups -OCH3 is 1. The summed E-state index contributed by atoms with van der Waals surface area (Å²) >= 11 is 6.29. The second-order valence-corrected chi connectivity index (χ2v) is 9.13. The van der Waals surface area contributed by atoms with Gasteiger partial charge in [0.25, 0.3) is 11.8 Å². The molecule has 7 nitrogen and oxygen atoms in total. The lowest BCUT2D eigenvalue weighted by atomic mass is 9.93. The molecule has 0 spiro atoms. The molecule has 1 aliphatic rings. The zero-order valence-corrected chi connectivity index (χ0v) is 20.9. The Morgan fingerprint density at radius 1 is 1.02 bits per heavy atom. The van der Waals surface area contributed by atoms with E-state index in [-0.39, 0.29) is 50.1 Å². The topological polar surface area (TPSA) is 97.4 Å². The lowest BCUT2D eigenvalue weighted by Crippen LogP contribution is -2.21. The molecule has 40 heavy (non-hydrogen) atoms. The molecule has 0 aliphatic carbocycles. The van der Waals surface area contributed by atoms with E-state index in [2.05, 4.69) is 20.4 Å². The maximum Gasteiger partial charge on any atom is 0.416 e. The lowest BCUT2D eigenvalue weighted by molar-refractivity contribution is -0.137. The Bertz CT molecular complexity index is 1740. The molecule has 0 bridgehead atoms. The largest absolute Gasteiger partial charge is 0.464 e. The van der Waals surface area contributed by atoms with Gasteiger partial charge < -0.3 is 15.4 Å². The van der Waals surface area contributed by atoms with Crippen LogP contribution in [-0.2, 0) is 10.9 Å². The third-order valence-electron chi connectivity index (χ3n) is 6.22. The van der Waals surface area contributed by atoms with Gasteiger partial charge in [-0.2, -0.15) is 13.2 Å². The van der Waals surface area contributed by atoms with E-state index in [1.807, 2.05) is 0 Å². The number of carbonyl (C=O) groups excluding carboxylic acids is 3. The Morgan fingerprint density at radius 3 is 2.48 bits per heavy atom. The monoisotopic (exact) mass is 575 g/mol. The van der Waals surface area contributed by atoms with Crippen LogP contribution in [0.1, 0.15) is 53.9 Å². The van der Waals surface area contributed by atoms with Crippen LogP contribution in [0.15, 0.2) is 54.6 Å². The number of hydrogen-bond donors (Lipinski definition) is 2. The van der Waals surface area contributed by atoms with Gasteiger partial charge in [0.1, 0.15) is 17.3 Å². The van der Waals surface area contributed by atoms with Gasteiger partial charge in [-0.1, -0.05) is 11.6 Å². The zero-order chi connectivity index (χ0) is 28.9. The second-order valence-electron chi connectivity index (χ2n) is 8.72. The van der Waals surface area contributed by atoms with E-state index >= 15 is 0 Å². The number of ether oxygens (including phenoxy) is 1. The summed E-state index contributed by atoms with van der Waals surface area (Å²) in [6, 6.07) is 7.71. The first-order valence-corrected chi connectivity index (χ1v) is 11.8. The second kappa shape index (κ2) is 9.87. The number of pyridine rings is 1. The van der Waals surface area contributed by atoms with Crippen molar-refractivity contribution in [3.8, 4) is 0 Å². The van der Waals surface area contributed by atoms with Gasteiger partial charge in [-0.05, 0) is 54.6 Å². The number of fused-ring (bicyclic) bond motifs is 3. The van der Waals surface area contributed by atoms with E-state index < -0.39 is 52.8 Å². The first kappa shape index (κ1) is 27.0. The molecule has 0 fully saturated rings. The molecule has 2 heterocycles. The maximum atomic E-state index is 14.2. The fraction of sp³-hybridized carbons (Fsp3) is 0.111. The van der Waals surface area contributed by atoms with Crippen LogP contribution < -0.4 is 10.6 Å². The average Bonchev–Trinajstić information content (AvgIpc) is 3.25. The van der Waals surface area contributed by atoms with Crippen molar-refractivity contribution in [3.05, 3.63) is 105 Å². The molecule has 3 aromatic carbocycles. The highest BCUT2D eigenvalue weighted by Crippen LogP contribution is 2.42. The molecule has 4 aromatic rings. The highest BCUT2D eigenvalue weighted by atomic mass is 35.5. The molecule has 13 heteroatoms. The molecular weight excluding hydrogens is 561 g/mol. The van der Waals surface area contributed by atoms with Gasteiger partial charge in [-0.3, -0.25) is 9.59 Å². The number of esters is 1. The number of anilines is 1. The van der Waals surface area contributed by atoms with Gasteiger partial charge in [0.2, 0.25) is 0 Å². The molecule has 0 radical (unpaired) electrons. The summed E-state index contributed by atoms with van der Waals surface area (Å²) in [5.41, 5.74) is -2.00. The van der Waals surface area contributed by atoms with E-state index in [1.54, 1.807) is 0 Å². The number of halogens is 6. The predicted octanol–water partition coefficient (Wildman–Crippen LogP) is 6.06. The summed E-state index contributed by atoms with van der Waals surface area (Å²) in [5.74, 6) is -4.55. The summed E-state index contributed by atoms with van der Waals surface area (Å²) in [5, 5.41) is 5.41. The third kappa shape index (κ3) is 4.81. The Kier molecular flexibility index (Phi) is 6.66.